The minimum absolute atomic E-state index is 0.119. The van der Waals surface area contributed by atoms with Crippen molar-refractivity contribution in [3.05, 3.63) is 0 Å². The third-order valence-electron chi connectivity index (χ3n) is 2.48. The lowest BCUT2D eigenvalue weighted by Crippen LogP contribution is -2.41. The number of carboxylic acid groups (broad SMARTS) is 1. The summed E-state index contributed by atoms with van der Waals surface area (Å²) >= 11 is 0. The molecule has 2 N–H and O–H groups in total. The summed E-state index contributed by atoms with van der Waals surface area (Å²) in [5.74, 6) is -1.77. The Kier molecular flexibility index (Phi) is 2.56. The van der Waals surface area contributed by atoms with Gasteiger partial charge in [0.25, 0.3) is 0 Å². The highest BCUT2D eigenvalue weighted by Gasteiger charge is 2.43. The lowest BCUT2D eigenvalue weighted by molar-refractivity contribution is -0.148. The number of carbonyl (C=O) groups is 2. The van der Waals surface area contributed by atoms with Crippen molar-refractivity contribution in [2.45, 2.75) is 26.0 Å². The van der Waals surface area contributed by atoms with Crippen LogP contribution in [0.1, 0.15) is 13.8 Å². The Bertz CT molecular complexity index is 240. The summed E-state index contributed by atoms with van der Waals surface area (Å²) in [5, 5.41) is 18.2. The maximum Gasteiger partial charge on any atom is 0.326 e. The fourth-order valence-corrected chi connectivity index (χ4v) is 1.66. The number of β-amino-alcohol motifs (C(OH)–C–C–N with tert-alkyl or cyclic N) is 1. The largest absolute Gasteiger partial charge is 0.480 e. The number of hydrogen-bond donors (Lipinski definition) is 2. The van der Waals surface area contributed by atoms with Crippen LogP contribution in [-0.2, 0) is 9.59 Å². The van der Waals surface area contributed by atoms with Gasteiger partial charge in [0.2, 0.25) is 5.91 Å². The average Bonchev–Trinajstić information content (AvgIpc) is 2.28. The molecule has 1 amide bonds. The molecule has 5 nitrogen and oxygen atoms in total. The van der Waals surface area contributed by atoms with Crippen LogP contribution in [0.4, 0.5) is 0 Å². The van der Waals surface area contributed by atoms with Gasteiger partial charge in [-0.05, 0) is 0 Å². The van der Waals surface area contributed by atoms with E-state index < -0.39 is 24.0 Å². The van der Waals surface area contributed by atoms with Gasteiger partial charge in [-0.3, -0.25) is 4.79 Å². The van der Waals surface area contributed by atoms with E-state index in [0.29, 0.717) is 0 Å². The predicted molar refractivity (Wildman–Crippen MR) is 44.0 cm³/mol. The number of carboxylic acids is 1. The predicted octanol–water partition coefficient (Wildman–Crippen LogP) is -0.701. The molecule has 5 heteroatoms. The number of carbonyl (C=O) groups excluding carboxylic acids is 1. The van der Waals surface area contributed by atoms with E-state index in [4.69, 9.17) is 5.11 Å². The molecular weight excluding hydrogens is 174 g/mol. The Morgan fingerprint density at radius 2 is 2.00 bits per heavy atom. The van der Waals surface area contributed by atoms with Crippen molar-refractivity contribution in [2.75, 3.05) is 6.54 Å². The molecule has 13 heavy (non-hydrogen) atoms. The Balaban J connectivity index is 2.86. The maximum absolute atomic E-state index is 11.0. The van der Waals surface area contributed by atoms with Gasteiger partial charge in [-0.15, -0.1) is 0 Å². The second-order valence-corrected chi connectivity index (χ2v) is 3.38. The monoisotopic (exact) mass is 187 g/mol. The molecule has 0 radical (unpaired) electrons. The van der Waals surface area contributed by atoms with E-state index in [0.717, 1.165) is 0 Å². The quantitative estimate of drug-likeness (QED) is 0.569. The molecule has 1 saturated heterocycles. The normalized spacial score (nSPS) is 33.5. The Morgan fingerprint density at radius 1 is 1.46 bits per heavy atom. The fraction of sp³-hybridized carbons (Fsp3) is 0.750. The number of aliphatic hydroxyl groups excluding tert-OH is 1. The number of hydrogen-bond acceptors (Lipinski definition) is 3. The highest BCUT2D eigenvalue weighted by atomic mass is 16.4. The van der Waals surface area contributed by atoms with E-state index in [2.05, 4.69) is 0 Å². The molecule has 3 atom stereocenters. The van der Waals surface area contributed by atoms with Crippen molar-refractivity contribution >= 4 is 11.9 Å². The fourth-order valence-electron chi connectivity index (χ4n) is 1.66. The Hall–Kier alpha value is -1.10. The number of rotatable bonds is 1. The highest BCUT2D eigenvalue weighted by molar-refractivity contribution is 5.83. The minimum Gasteiger partial charge on any atom is -0.480 e. The molecular formula is C8H13NO4. The van der Waals surface area contributed by atoms with Gasteiger partial charge >= 0.3 is 5.97 Å². The third kappa shape index (κ3) is 1.65. The maximum atomic E-state index is 11.0. The van der Waals surface area contributed by atoms with E-state index in [1.165, 1.54) is 11.8 Å². The molecule has 1 aliphatic heterocycles. The second kappa shape index (κ2) is 3.33. The highest BCUT2D eigenvalue weighted by Crippen LogP contribution is 2.24. The zero-order valence-corrected chi connectivity index (χ0v) is 7.60. The molecule has 0 bridgehead atoms. The van der Waals surface area contributed by atoms with Crippen molar-refractivity contribution < 1.29 is 19.8 Å². The Labute approximate surface area is 76.0 Å². The molecule has 0 aromatic rings. The van der Waals surface area contributed by atoms with E-state index in [-0.39, 0.29) is 12.5 Å². The van der Waals surface area contributed by atoms with Crippen molar-refractivity contribution in [3.63, 3.8) is 0 Å². The van der Waals surface area contributed by atoms with Crippen molar-refractivity contribution in [1.29, 1.82) is 0 Å². The zero-order chi connectivity index (χ0) is 10.2. The van der Waals surface area contributed by atoms with Gasteiger partial charge in [0, 0.05) is 19.4 Å². The van der Waals surface area contributed by atoms with Crippen LogP contribution < -0.4 is 0 Å². The summed E-state index contributed by atoms with van der Waals surface area (Å²) in [6.07, 6.45) is -0.731. The van der Waals surface area contributed by atoms with E-state index in [1.807, 2.05) is 0 Å². The number of aliphatic carboxylic acids is 1. The van der Waals surface area contributed by atoms with Crippen LogP contribution in [0.2, 0.25) is 0 Å². The van der Waals surface area contributed by atoms with Gasteiger partial charge in [-0.25, -0.2) is 4.79 Å². The summed E-state index contributed by atoms with van der Waals surface area (Å²) in [6, 6.07) is -0.882. The molecule has 1 fully saturated rings. The summed E-state index contributed by atoms with van der Waals surface area (Å²) in [4.78, 5) is 23.0. The summed E-state index contributed by atoms with van der Waals surface area (Å²) < 4.78 is 0. The molecule has 1 rings (SSSR count). The smallest absolute Gasteiger partial charge is 0.326 e. The molecule has 1 aliphatic rings. The first-order chi connectivity index (χ1) is 5.95. The van der Waals surface area contributed by atoms with Crippen molar-refractivity contribution in [2.24, 2.45) is 5.92 Å². The molecule has 0 saturated carbocycles. The van der Waals surface area contributed by atoms with Gasteiger partial charge in [0.1, 0.15) is 6.04 Å². The standard InChI is InChI=1S/C8H13NO4/c1-4-6(11)3-9(5(2)10)7(4)8(12)13/h4,6-7,11H,3H2,1-2H3,(H,12,13)/t4-,6+,7-/m0/s1. The number of aliphatic hydroxyl groups is 1. The second-order valence-electron chi connectivity index (χ2n) is 3.38. The van der Waals surface area contributed by atoms with Gasteiger partial charge in [0.15, 0.2) is 0 Å². The average molecular weight is 187 g/mol. The van der Waals surface area contributed by atoms with Crippen LogP contribution in [0, 0.1) is 5.92 Å². The number of nitrogens with zero attached hydrogens (tertiary/aromatic N) is 1. The molecule has 0 aromatic carbocycles. The van der Waals surface area contributed by atoms with Crippen LogP contribution >= 0.6 is 0 Å². The molecule has 0 unspecified atom stereocenters. The van der Waals surface area contributed by atoms with Gasteiger partial charge < -0.3 is 15.1 Å². The van der Waals surface area contributed by atoms with Crippen LogP contribution in [0.25, 0.3) is 0 Å². The molecule has 0 spiro atoms. The topological polar surface area (TPSA) is 77.8 Å². The van der Waals surface area contributed by atoms with Crippen LogP contribution in [0.5, 0.6) is 0 Å². The Morgan fingerprint density at radius 3 is 2.31 bits per heavy atom. The lowest BCUT2D eigenvalue weighted by Gasteiger charge is -2.20. The molecule has 1 heterocycles. The SMILES string of the molecule is CC(=O)N1C[C@@H](O)[C@H](C)[C@H]1C(=O)O. The molecule has 74 valence electrons. The van der Waals surface area contributed by atoms with Gasteiger partial charge in [0.05, 0.1) is 6.10 Å². The van der Waals surface area contributed by atoms with Gasteiger partial charge in [-0.1, -0.05) is 6.92 Å². The van der Waals surface area contributed by atoms with Crippen LogP contribution in [0.3, 0.4) is 0 Å². The number of likely N-dealkylation sites (tertiary alicyclic amines) is 1. The van der Waals surface area contributed by atoms with E-state index >= 15 is 0 Å². The first-order valence-corrected chi connectivity index (χ1v) is 4.13. The van der Waals surface area contributed by atoms with Crippen molar-refractivity contribution in [3.8, 4) is 0 Å². The summed E-state index contributed by atoms with van der Waals surface area (Å²) in [6.45, 7) is 3.06. The lowest BCUT2D eigenvalue weighted by atomic mass is 10.0. The molecule has 0 aromatic heterocycles. The van der Waals surface area contributed by atoms with Crippen LogP contribution in [-0.4, -0.2) is 45.7 Å². The third-order valence-corrected chi connectivity index (χ3v) is 2.48. The van der Waals surface area contributed by atoms with E-state index in [9.17, 15) is 14.7 Å². The van der Waals surface area contributed by atoms with E-state index in [1.54, 1.807) is 6.92 Å². The molecule has 0 aliphatic carbocycles. The first-order valence-electron chi connectivity index (χ1n) is 4.13. The van der Waals surface area contributed by atoms with Gasteiger partial charge in [-0.2, -0.15) is 0 Å². The number of amides is 1. The van der Waals surface area contributed by atoms with Crippen LogP contribution in [0.15, 0.2) is 0 Å². The van der Waals surface area contributed by atoms with Crippen molar-refractivity contribution in [1.82, 2.24) is 4.90 Å². The minimum atomic E-state index is -1.06. The summed E-state index contributed by atoms with van der Waals surface area (Å²) in [5.41, 5.74) is 0. The summed E-state index contributed by atoms with van der Waals surface area (Å²) in [7, 11) is 0. The zero-order valence-electron chi connectivity index (χ0n) is 7.60. The first kappa shape index (κ1) is 9.98.